The lowest BCUT2D eigenvalue weighted by Crippen LogP contribution is -2.30. The molecule has 24 heavy (non-hydrogen) atoms. The van der Waals surface area contributed by atoms with Crippen LogP contribution in [-0.2, 0) is 4.79 Å². The van der Waals surface area contributed by atoms with Crippen molar-refractivity contribution in [3.8, 4) is 11.5 Å². The highest BCUT2D eigenvalue weighted by molar-refractivity contribution is 6.31. The summed E-state index contributed by atoms with van der Waals surface area (Å²) in [5.41, 5.74) is 1.58. The number of ether oxygens (including phenoxy) is 2. The third-order valence-electron chi connectivity index (χ3n) is 3.63. The van der Waals surface area contributed by atoms with Gasteiger partial charge in [0, 0.05) is 5.02 Å². The minimum Gasteiger partial charge on any atom is -0.495 e. The molecular formula is C19H22ClNO3. The van der Waals surface area contributed by atoms with Gasteiger partial charge in [-0.1, -0.05) is 43.6 Å². The summed E-state index contributed by atoms with van der Waals surface area (Å²) in [4.78, 5) is 12.4. The van der Waals surface area contributed by atoms with Gasteiger partial charge in [-0.3, -0.25) is 4.79 Å². The molecule has 2 rings (SSSR count). The second-order valence-electron chi connectivity index (χ2n) is 5.79. The molecule has 0 aliphatic heterocycles. The van der Waals surface area contributed by atoms with Gasteiger partial charge < -0.3 is 14.8 Å². The first-order valence-corrected chi connectivity index (χ1v) is 8.20. The van der Waals surface area contributed by atoms with Crippen LogP contribution in [0.3, 0.4) is 0 Å². The van der Waals surface area contributed by atoms with E-state index in [0.29, 0.717) is 28.1 Å². The Hall–Kier alpha value is -2.20. The monoisotopic (exact) mass is 347 g/mol. The van der Waals surface area contributed by atoms with Crippen molar-refractivity contribution in [3.63, 3.8) is 0 Å². The van der Waals surface area contributed by atoms with Crippen molar-refractivity contribution in [2.75, 3.05) is 12.4 Å². The molecule has 5 heteroatoms. The molecule has 128 valence electrons. The lowest BCUT2D eigenvalue weighted by molar-refractivity contribution is -0.122. The number of benzene rings is 2. The summed E-state index contributed by atoms with van der Waals surface area (Å²) >= 11 is 5.98. The second-order valence-corrected chi connectivity index (χ2v) is 6.22. The highest BCUT2D eigenvalue weighted by Crippen LogP contribution is 2.29. The molecule has 4 nitrogen and oxygen atoms in total. The second kappa shape index (κ2) is 8.06. The van der Waals surface area contributed by atoms with Crippen molar-refractivity contribution in [1.82, 2.24) is 0 Å². The fourth-order valence-corrected chi connectivity index (χ4v) is 2.49. The number of hydrogen-bond donors (Lipinski definition) is 1. The summed E-state index contributed by atoms with van der Waals surface area (Å²) in [7, 11) is 1.54. The van der Waals surface area contributed by atoms with Crippen molar-refractivity contribution >= 4 is 23.2 Å². The molecule has 0 saturated carbocycles. The number of carbonyl (C=O) groups is 1. The zero-order valence-corrected chi connectivity index (χ0v) is 15.1. The molecule has 2 aromatic rings. The number of halogens is 1. The van der Waals surface area contributed by atoms with Gasteiger partial charge in [0.15, 0.2) is 6.10 Å². The van der Waals surface area contributed by atoms with Crippen LogP contribution in [0.25, 0.3) is 0 Å². The van der Waals surface area contributed by atoms with Gasteiger partial charge in [-0.2, -0.15) is 0 Å². The summed E-state index contributed by atoms with van der Waals surface area (Å²) in [5.74, 6) is 1.30. The average molecular weight is 348 g/mol. The van der Waals surface area contributed by atoms with Gasteiger partial charge in [0.25, 0.3) is 5.91 Å². The molecular weight excluding hydrogens is 326 g/mol. The molecule has 1 amide bonds. The average Bonchev–Trinajstić information content (AvgIpc) is 2.55. The van der Waals surface area contributed by atoms with Crippen LogP contribution in [0.15, 0.2) is 42.5 Å². The highest BCUT2D eigenvalue weighted by atomic mass is 35.5. The molecule has 1 N–H and O–H groups in total. The highest BCUT2D eigenvalue weighted by Gasteiger charge is 2.18. The molecule has 0 unspecified atom stereocenters. The van der Waals surface area contributed by atoms with E-state index < -0.39 is 6.10 Å². The van der Waals surface area contributed by atoms with E-state index in [2.05, 4.69) is 19.2 Å². The summed E-state index contributed by atoms with van der Waals surface area (Å²) in [6.45, 7) is 5.89. The van der Waals surface area contributed by atoms with Gasteiger partial charge in [-0.15, -0.1) is 0 Å². The lowest BCUT2D eigenvalue weighted by atomic mass is 10.0. The topological polar surface area (TPSA) is 47.6 Å². The number of amides is 1. The number of rotatable bonds is 6. The van der Waals surface area contributed by atoms with Crippen molar-refractivity contribution in [1.29, 1.82) is 0 Å². The minimum absolute atomic E-state index is 0.269. The molecule has 0 bridgehead atoms. The van der Waals surface area contributed by atoms with E-state index in [-0.39, 0.29) is 5.91 Å². The molecule has 0 fully saturated rings. The number of carbonyl (C=O) groups excluding carboxylic acids is 1. The SMILES string of the molecule is COc1ccc(Cl)cc1NC(=O)[C@@H](C)Oc1ccccc1C(C)C. The third kappa shape index (κ3) is 4.42. The zero-order valence-electron chi connectivity index (χ0n) is 14.3. The van der Waals surface area contributed by atoms with E-state index in [4.69, 9.17) is 21.1 Å². The van der Waals surface area contributed by atoms with Crippen molar-refractivity contribution < 1.29 is 14.3 Å². The standard InChI is InChI=1S/C19H22ClNO3/c1-12(2)15-7-5-6-8-17(15)24-13(3)19(22)21-16-11-14(20)9-10-18(16)23-4/h5-13H,1-4H3,(H,21,22)/t13-/m1/s1. The molecule has 2 aromatic carbocycles. The predicted molar refractivity (Wildman–Crippen MR) is 97.3 cm³/mol. The number of nitrogens with one attached hydrogen (secondary N) is 1. The van der Waals surface area contributed by atoms with Crippen LogP contribution in [-0.4, -0.2) is 19.1 Å². The van der Waals surface area contributed by atoms with Gasteiger partial charge in [-0.25, -0.2) is 0 Å². The third-order valence-corrected chi connectivity index (χ3v) is 3.87. The van der Waals surface area contributed by atoms with E-state index in [1.807, 2.05) is 24.3 Å². The Bertz CT molecular complexity index is 716. The van der Waals surface area contributed by atoms with Crippen LogP contribution in [0.5, 0.6) is 11.5 Å². The Morgan fingerprint density at radius 2 is 1.79 bits per heavy atom. The zero-order chi connectivity index (χ0) is 17.7. The normalized spacial score (nSPS) is 11.9. The van der Waals surface area contributed by atoms with Gasteiger partial charge in [-0.05, 0) is 42.7 Å². The molecule has 0 aromatic heterocycles. The Balaban J connectivity index is 2.12. The van der Waals surface area contributed by atoms with Crippen LogP contribution in [0.4, 0.5) is 5.69 Å². The molecule has 0 aliphatic rings. The summed E-state index contributed by atoms with van der Waals surface area (Å²) in [5, 5.41) is 3.32. The van der Waals surface area contributed by atoms with E-state index >= 15 is 0 Å². The van der Waals surface area contributed by atoms with Gasteiger partial charge in [0.1, 0.15) is 11.5 Å². The van der Waals surface area contributed by atoms with E-state index in [1.54, 1.807) is 25.1 Å². The van der Waals surface area contributed by atoms with E-state index in [0.717, 1.165) is 5.56 Å². The first-order chi connectivity index (χ1) is 11.4. The molecule has 0 saturated heterocycles. The number of para-hydroxylation sites is 1. The minimum atomic E-state index is -0.659. The number of anilines is 1. The maximum atomic E-state index is 12.4. The predicted octanol–water partition coefficient (Wildman–Crippen LogP) is 4.88. The van der Waals surface area contributed by atoms with Crippen LogP contribution >= 0.6 is 11.6 Å². The van der Waals surface area contributed by atoms with Crippen molar-refractivity contribution in [2.45, 2.75) is 32.8 Å². The van der Waals surface area contributed by atoms with Crippen LogP contribution in [0.2, 0.25) is 5.02 Å². The van der Waals surface area contributed by atoms with E-state index in [9.17, 15) is 4.79 Å². The van der Waals surface area contributed by atoms with Gasteiger partial charge in [0.2, 0.25) is 0 Å². The fraction of sp³-hybridized carbons (Fsp3) is 0.316. The Morgan fingerprint density at radius 1 is 1.08 bits per heavy atom. The smallest absolute Gasteiger partial charge is 0.265 e. The van der Waals surface area contributed by atoms with Gasteiger partial charge in [0.05, 0.1) is 12.8 Å². The molecule has 0 radical (unpaired) electrons. The Morgan fingerprint density at radius 3 is 2.46 bits per heavy atom. The summed E-state index contributed by atoms with van der Waals surface area (Å²) in [6, 6.07) is 12.8. The number of methoxy groups -OCH3 is 1. The summed E-state index contributed by atoms with van der Waals surface area (Å²) < 4.78 is 11.1. The Kier molecular flexibility index (Phi) is 6.10. The molecule has 1 atom stereocenters. The maximum absolute atomic E-state index is 12.4. The lowest BCUT2D eigenvalue weighted by Gasteiger charge is -2.19. The van der Waals surface area contributed by atoms with Crippen molar-refractivity contribution in [2.24, 2.45) is 0 Å². The number of hydrogen-bond acceptors (Lipinski definition) is 3. The quantitative estimate of drug-likeness (QED) is 0.810. The van der Waals surface area contributed by atoms with Crippen molar-refractivity contribution in [3.05, 3.63) is 53.1 Å². The molecule has 0 spiro atoms. The first-order valence-electron chi connectivity index (χ1n) is 7.82. The largest absolute Gasteiger partial charge is 0.495 e. The molecule has 0 aliphatic carbocycles. The Labute approximate surface area is 147 Å². The van der Waals surface area contributed by atoms with E-state index in [1.165, 1.54) is 7.11 Å². The first kappa shape index (κ1) is 18.1. The summed E-state index contributed by atoms with van der Waals surface area (Å²) in [6.07, 6.45) is -0.659. The van der Waals surface area contributed by atoms with Gasteiger partial charge >= 0.3 is 0 Å². The maximum Gasteiger partial charge on any atom is 0.265 e. The van der Waals surface area contributed by atoms with Crippen LogP contribution < -0.4 is 14.8 Å². The van der Waals surface area contributed by atoms with Crippen LogP contribution in [0.1, 0.15) is 32.3 Å². The fourth-order valence-electron chi connectivity index (χ4n) is 2.32. The molecule has 0 heterocycles. The van der Waals surface area contributed by atoms with Crippen LogP contribution in [0, 0.1) is 0 Å².